The smallest absolute Gasteiger partial charge is 0.348 e. The van der Waals surface area contributed by atoms with Crippen LogP contribution < -0.4 is 4.72 Å². The average molecular weight is 327 g/mol. The van der Waals surface area contributed by atoms with E-state index < -0.39 is 37.3 Å². The van der Waals surface area contributed by atoms with E-state index in [1.807, 2.05) is 0 Å². The number of sulfone groups is 1. The Morgan fingerprint density at radius 2 is 1.89 bits per heavy atom. The Morgan fingerprint density at radius 3 is 2.37 bits per heavy atom. The summed E-state index contributed by atoms with van der Waals surface area (Å²) in [6.07, 6.45) is 0.932. The van der Waals surface area contributed by atoms with Crippen molar-refractivity contribution >= 4 is 42.9 Å². The maximum atomic E-state index is 11.7. The second-order valence-corrected chi connectivity index (χ2v) is 8.96. The quantitative estimate of drug-likeness (QED) is 0.787. The molecule has 1 rings (SSSR count). The molecule has 1 heterocycles. The summed E-state index contributed by atoms with van der Waals surface area (Å²) in [6.45, 7) is 1.57. The standard InChI is InChI=1S/C9H13NO6S3/c1-6-5-17-8(9(11)12)7(6)10-19(15,16)4-3-18(2,13)14/h5,10H,3-4H2,1-2H3,(H,11,12). The van der Waals surface area contributed by atoms with E-state index in [4.69, 9.17) is 5.11 Å². The lowest BCUT2D eigenvalue weighted by molar-refractivity contribution is 0.0703. The molecule has 0 spiro atoms. The first kappa shape index (κ1) is 15.9. The van der Waals surface area contributed by atoms with Gasteiger partial charge in [0.15, 0.2) is 0 Å². The lowest BCUT2D eigenvalue weighted by atomic mass is 10.3. The van der Waals surface area contributed by atoms with Gasteiger partial charge >= 0.3 is 5.97 Å². The lowest BCUT2D eigenvalue weighted by Gasteiger charge is -2.08. The SMILES string of the molecule is Cc1csc(C(=O)O)c1NS(=O)(=O)CCS(C)(=O)=O. The fraction of sp³-hybridized carbons (Fsp3) is 0.444. The average Bonchev–Trinajstić information content (AvgIpc) is 2.57. The number of carbonyl (C=O) groups is 1. The number of sulfonamides is 1. The van der Waals surface area contributed by atoms with Crippen molar-refractivity contribution in [1.29, 1.82) is 0 Å². The molecule has 0 radical (unpaired) electrons. The molecule has 0 saturated carbocycles. The molecule has 0 aliphatic heterocycles. The van der Waals surface area contributed by atoms with Gasteiger partial charge in [-0.15, -0.1) is 11.3 Å². The Hall–Kier alpha value is -1.13. The van der Waals surface area contributed by atoms with E-state index in [1.54, 1.807) is 6.92 Å². The minimum Gasteiger partial charge on any atom is -0.477 e. The Labute approximate surface area is 115 Å². The third kappa shape index (κ3) is 4.80. The molecule has 1 aromatic heterocycles. The first-order valence-corrected chi connectivity index (χ1v) is 9.61. The molecule has 0 atom stereocenters. The molecule has 0 amide bonds. The summed E-state index contributed by atoms with van der Waals surface area (Å²) in [4.78, 5) is 10.8. The van der Waals surface area contributed by atoms with Gasteiger partial charge in [-0.3, -0.25) is 4.72 Å². The highest BCUT2D eigenvalue weighted by Crippen LogP contribution is 2.28. The maximum absolute atomic E-state index is 11.7. The molecule has 0 saturated heterocycles. The molecule has 0 unspecified atom stereocenters. The number of aromatic carboxylic acids is 1. The van der Waals surface area contributed by atoms with Crippen LogP contribution in [0.25, 0.3) is 0 Å². The molecule has 0 fully saturated rings. The maximum Gasteiger partial charge on any atom is 0.348 e. The number of thiophene rings is 1. The molecule has 0 aliphatic carbocycles. The monoisotopic (exact) mass is 327 g/mol. The zero-order valence-electron chi connectivity index (χ0n) is 10.2. The molecule has 7 nitrogen and oxygen atoms in total. The number of nitrogens with one attached hydrogen (secondary N) is 1. The molecule has 108 valence electrons. The number of hydrogen-bond acceptors (Lipinski definition) is 6. The molecule has 0 aliphatic rings. The first-order valence-electron chi connectivity index (χ1n) is 5.01. The Kier molecular flexibility index (Phi) is 4.59. The van der Waals surface area contributed by atoms with Crippen molar-refractivity contribution in [3.05, 3.63) is 15.8 Å². The predicted molar refractivity (Wildman–Crippen MR) is 73.1 cm³/mol. The van der Waals surface area contributed by atoms with Crippen molar-refractivity contribution in [2.45, 2.75) is 6.92 Å². The zero-order valence-corrected chi connectivity index (χ0v) is 12.7. The number of carboxylic acid groups (broad SMARTS) is 1. The third-order valence-corrected chi connectivity index (χ3v) is 5.70. The van der Waals surface area contributed by atoms with Crippen molar-refractivity contribution in [3.63, 3.8) is 0 Å². The topological polar surface area (TPSA) is 118 Å². The number of rotatable bonds is 6. The van der Waals surface area contributed by atoms with Gasteiger partial charge in [0.25, 0.3) is 0 Å². The Balaban J connectivity index is 2.96. The number of aryl methyl sites for hydroxylation is 1. The van der Waals surface area contributed by atoms with Crippen LogP contribution in [0.5, 0.6) is 0 Å². The van der Waals surface area contributed by atoms with Gasteiger partial charge in [0, 0.05) is 6.26 Å². The summed E-state index contributed by atoms with van der Waals surface area (Å²) >= 11 is 0.904. The Morgan fingerprint density at radius 1 is 1.32 bits per heavy atom. The van der Waals surface area contributed by atoms with Gasteiger partial charge in [0.1, 0.15) is 14.7 Å². The van der Waals surface area contributed by atoms with E-state index in [2.05, 4.69) is 4.72 Å². The van der Waals surface area contributed by atoms with Gasteiger partial charge in [-0.1, -0.05) is 0 Å². The van der Waals surface area contributed by atoms with Crippen LogP contribution in [0.2, 0.25) is 0 Å². The molecule has 2 N–H and O–H groups in total. The molecular weight excluding hydrogens is 314 g/mol. The van der Waals surface area contributed by atoms with Crippen LogP contribution in [0.3, 0.4) is 0 Å². The normalized spacial score (nSPS) is 12.3. The number of anilines is 1. The summed E-state index contributed by atoms with van der Waals surface area (Å²) < 4.78 is 47.4. The molecule has 0 bridgehead atoms. The summed E-state index contributed by atoms with van der Waals surface area (Å²) in [5.41, 5.74) is 0.469. The largest absolute Gasteiger partial charge is 0.477 e. The fourth-order valence-corrected chi connectivity index (χ4v) is 4.87. The molecular formula is C9H13NO6S3. The summed E-state index contributed by atoms with van der Waals surface area (Å²) in [5, 5.41) is 10.4. The van der Waals surface area contributed by atoms with Gasteiger partial charge < -0.3 is 5.11 Å². The van der Waals surface area contributed by atoms with Gasteiger partial charge in [-0.05, 0) is 17.9 Å². The van der Waals surface area contributed by atoms with E-state index in [1.165, 1.54) is 5.38 Å². The third-order valence-electron chi connectivity index (χ3n) is 2.15. The summed E-state index contributed by atoms with van der Waals surface area (Å²) in [6, 6.07) is 0. The van der Waals surface area contributed by atoms with Gasteiger partial charge in [-0.2, -0.15) is 0 Å². The van der Waals surface area contributed by atoms with Crippen LogP contribution in [0.1, 0.15) is 15.2 Å². The number of hydrogen-bond donors (Lipinski definition) is 2. The summed E-state index contributed by atoms with van der Waals surface area (Å²) in [5.74, 6) is -2.37. The van der Waals surface area contributed by atoms with Crippen LogP contribution in [-0.4, -0.2) is 45.7 Å². The molecule has 19 heavy (non-hydrogen) atoms. The van der Waals surface area contributed by atoms with Crippen molar-refractivity contribution in [2.24, 2.45) is 0 Å². The van der Waals surface area contributed by atoms with Gasteiger partial charge in [0.2, 0.25) is 10.0 Å². The van der Waals surface area contributed by atoms with Gasteiger partial charge in [0.05, 0.1) is 17.2 Å². The van der Waals surface area contributed by atoms with Crippen LogP contribution in [0.4, 0.5) is 5.69 Å². The van der Waals surface area contributed by atoms with E-state index in [-0.39, 0.29) is 10.6 Å². The first-order chi connectivity index (χ1) is 8.52. The Bertz CT molecular complexity index is 686. The molecule has 10 heteroatoms. The predicted octanol–water partition coefficient (Wildman–Crippen LogP) is 0.541. The van der Waals surface area contributed by atoms with Crippen LogP contribution in [-0.2, 0) is 19.9 Å². The van der Waals surface area contributed by atoms with Crippen molar-refractivity contribution in [2.75, 3.05) is 22.5 Å². The van der Waals surface area contributed by atoms with Crippen molar-refractivity contribution < 1.29 is 26.7 Å². The molecule has 0 aromatic carbocycles. The van der Waals surface area contributed by atoms with E-state index >= 15 is 0 Å². The van der Waals surface area contributed by atoms with E-state index in [0.29, 0.717) is 5.56 Å². The number of carboxylic acids is 1. The lowest BCUT2D eigenvalue weighted by Crippen LogP contribution is -2.23. The minimum atomic E-state index is -3.90. The highest BCUT2D eigenvalue weighted by atomic mass is 32.2. The van der Waals surface area contributed by atoms with E-state index in [9.17, 15) is 21.6 Å². The van der Waals surface area contributed by atoms with Crippen LogP contribution in [0.15, 0.2) is 5.38 Å². The van der Waals surface area contributed by atoms with Crippen molar-refractivity contribution in [3.8, 4) is 0 Å². The molecule has 1 aromatic rings. The zero-order chi connectivity index (χ0) is 14.8. The second-order valence-electron chi connectivity index (χ2n) is 3.98. The minimum absolute atomic E-state index is 0.00833. The summed E-state index contributed by atoms with van der Waals surface area (Å²) in [7, 11) is -7.31. The highest BCUT2D eigenvalue weighted by molar-refractivity contribution is 7.95. The van der Waals surface area contributed by atoms with E-state index in [0.717, 1.165) is 17.6 Å². The van der Waals surface area contributed by atoms with Gasteiger partial charge in [-0.25, -0.2) is 21.6 Å². The van der Waals surface area contributed by atoms with Crippen molar-refractivity contribution in [1.82, 2.24) is 0 Å². The van der Waals surface area contributed by atoms with Crippen LogP contribution in [0, 0.1) is 6.92 Å². The fourth-order valence-electron chi connectivity index (χ4n) is 1.20. The second kappa shape index (κ2) is 5.47. The highest BCUT2D eigenvalue weighted by Gasteiger charge is 2.21. The van der Waals surface area contributed by atoms with Crippen LogP contribution >= 0.6 is 11.3 Å².